The average molecular weight is 107 g/mol. The minimum Gasteiger partial charge on any atom is -0.545 e. The predicted molar refractivity (Wildman–Crippen MR) is 15.2 cm³/mol. The lowest BCUT2D eigenvalue weighted by Gasteiger charge is -1.81. The van der Waals surface area contributed by atoms with E-state index in [4.69, 9.17) is 9.90 Å². The topological polar surface area (TPSA) is 40.1 Å². The van der Waals surface area contributed by atoms with Crippen LogP contribution in [0.2, 0.25) is 0 Å². The Morgan fingerprint density at radius 2 is 2.00 bits per heavy atom. The summed E-state index contributed by atoms with van der Waals surface area (Å²) >= 11 is 0. The van der Waals surface area contributed by atoms with Crippen molar-refractivity contribution < 1.29 is 22.3 Å². The summed E-state index contributed by atoms with van der Waals surface area (Å²) in [6.07, 6.45) is 0.722. The summed E-state index contributed by atoms with van der Waals surface area (Å²) in [6.45, 7) is 2.90. The maximum atomic E-state index is 9.14. The summed E-state index contributed by atoms with van der Waals surface area (Å²) in [7, 11) is 0. The third-order valence-electron chi connectivity index (χ3n) is 0.167. The molecule has 0 aromatic carbocycles. The van der Waals surface area contributed by atoms with Crippen molar-refractivity contribution in [1.82, 2.24) is 0 Å². The molecule has 0 fully saturated rings. The maximum absolute atomic E-state index is 9.14. The fourth-order valence-corrected chi connectivity index (χ4v) is 0. The van der Waals surface area contributed by atoms with Crippen molar-refractivity contribution in [3.63, 3.8) is 0 Å². The Morgan fingerprint density at radius 1 is 1.83 bits per heavy atom. The zero-order valence-electron chi connectivity index (χ0n) is 2.98. The van der Waals surface area contributed by atoms with Gasteiger partial charge in [-0.2, -0.15) is 0 Å². The molecular formula is C3H3ClO2. The van der Waals surface area contributed by atoms with Gasteiger partial charge in [-0.05, 0) is 6.08 Å². The molecule has 0 aromatic rings. The minimum absolute atomic E-state index is 0. The number of hydrogen-bond donors (Lipinski definition) is 0. The molecule has 6 heavy (non-hydrogen) atoms. The van der Waals surface area contributed by atoms with Crippen molar-refractivity contribution >= 4 is 5.97 Å². The van der Waals surface area contributed by atoms with Crippen LogP contribution in [0.15, 0.2) is 12.7 Å². The third-order valence-corrected chi connectivity index (χ3v) is 0.167. The first kappa shape index (κ1) is 9.09. The van der Waals surface area contributed by atoms with Gasteiger partial charge in [0, 0.05) is 0 Å². The van der Waals surface area contributed by atoms with Gasteiger partial charge in [-0.1, -0.05) is 6.58 Å². The highest BCUT2D eigenvalue weighted by Gasteiger charge is 1.55. The van der Waals surface area contributed by atoms with E-state index in [2.05, 4.69) is 6.58 Å². The molecule has 3 heteroatoms. The van der Waals surface area contributed by atoms with E-state index >= 15 is 0 Å². The van der Waals surface area contributed by atoms with Gasteiger partial charge in [0.2, 0.25) is 0 Å². The number of rotatable bonds is 1. The lowest BCUT2D eigenvalue weighted by molar-refractivity contribution is -0.297. The lowest BCUT2D eigenvalue weighted by Crippen LogP contribution is -2.17. The van der Waals surface area contributed by atoms with Gasteiger partial charge in [-0.15, -0.1) is 0 Å². The molecule has 0 amide bonds. The lowest BCUT2D eigenvalue weighted by atomic mass is 10.7. The fourth-order valence-electron chi connectivity index (χ4n) is 0. The standard InChI is InChI=1S/C3H4O2.Cl/c1-2-3(4)5;/h2H,1H2,(H,4,5);/q;+1/p-1. The number of carbonyl (C=O) groups excluding carboxylic acids is 1. The molecule has 34 valence electrons. The van der Waals surface area contributed by atoms with Gasteiger partial charge in [0.1, 0.15) is 0 Å². The molecule has 0 aliphatic carbocycles. The molecule has 0 aromatic heterocycles. The summed E-state index contributed by atoms with van der Waals surface area (Å²) in [4.78, 5) is 9.14. The normalized spacial score (nSPS) is 5.33. The van der Waals surface area contributed by atoms with Crippen LogP contribution in [0.1, 0.15) is 0 Å². The van der Waals surface area contributed by atoms with Crippen LogP contribution in [-0.2, 0) is 4.79 Å². The van der Waals surface area contributed by atoms with Crippen molar-refractivity contribution in [1.29, 1.82) is 0 Å². The molecule has 2 nitrogen and oxygen atoms in total. The predicted octanol–water partition coefficient (Wildman–Crippen LogP) is -1.08. The van der Waals surface area contributed by atoms with Gasteiger partial charge in [-0.25, -0.2) is 0 Å². The molecule has 0 N–H and O–H groups in total. The van der Waals surface area contributed by atoms with Crippen LogP contribution >= 0.6 is 0 Å². The van der Waals surface area contributed by atoms with E-state index in [1.165, 1.54) is 0 Å². The highest BCUT2D eigenvalue weighted by atomic mass is 35.5. The highest BCUT2D eigenvalue weighted by Crippen LogP contribution is 1.47. The Balaban J connectivity index is 0. The minimum atomic E-state index is -1.23. The zero-order chi connectivity index (χ0) is 4.28. The first-order valence-corrected chi connectivity index (χ1v) is 1.11. The van der Waals surface area contributed by atoms with Crippen LogP contribution in [0, 0.1) is 12.4 Å². The van der Waals surface area contributed by atoms with Gasteiger partial charge in [-0.3, -0.25) is 0 Å². The fraction of sp³-hybridized carbons (Fsp3) is 0. The molecule has 0 rings (SSSR count). The van der Waals surface area contributed by atoms with Crippen molar-refractivity contribution in [3.8, 4) is 0 Å². The molecule has 0 atom stereocenters. The largest absolute Gasteiger partial charge is 1.00 e. The van der Waals surface area contributed by atoms with Gasteiger partial charge in [0.15, 0.2) is 0 Å². The monoisotopic (exact) mass is 106 g/mol. The van der Waals surface area contributed by atoms with Crippen LogP contribution in [0.3, 0.4) is 0 Å². The Hall–Kier alpha value is -0.500. The maximum Gasteiger partial charge on any atom is 1.00 e. The highest BCUT2D eigenvalue weighted by molar-refractivity contribution is 5.76. The van der Waals surface area contributed by atoms with E-state index in [0.717, 1.165) is 6.08 Å². The first-order valence-electron chi connectivity index (χ1n) is 1.11. The molecule has 0 aliphatic heterocycles. The number of carboxylic acids is 1. The van der Waals surface area contributed by atoms with E-state index in [0.29, 0.717) is 0 Å². The third kappa shape index (κ3) is 9.72. The Kier molecular flexibility index (Phi) is 6.82. The van der Waals surface area contributed by atoms with Crippen LogP contribution < -0.4 is 5.11 Å². The summed E-state index contributed by atoms with van der Waals surface area (Å²) in [6, 6.07) is 0. The first-order chi connectivity index (χ1) is 2.27. The van der Waals surface area contributed by atoms with Gasteiger partial charge < -0.3 is 9.90 Å². The Bertz CT molecular complexity index is 59.8. The summed E-state index contributed by atoms with van der Waals surface area (Å²) in [5.74, 6) is -1.23. The van der Waals surface area contributed by atoms with Crippen LogP contribution in [0.4, 0.5) is 0 Å². The Labute approximate surface area is 41.9 Å². The van der Waals surface area contributed by atoms with E-state index < -0.39 is 5.97 Å². The second kappa shape index (κ2) is 4.50. The van der Waals surface area contributed by atoms with Crippen molar-refractivity contribution in [2.24, 2.45) is 0 Å². The van der Waals surface area contributed by atoms with Gasteiger partial charge in [0.25, 0.3) is 0 Å². The number of carbonyl (C=O) groups is 1. The number of hydrogen-bond acceptors (Lipinski definition) is 2. The summed E-state index contributed by atoms with van der Waals surface area (Å²) in [5, 5.41) is 9.14. The molecule has 0 aliphatic rings. The molecular weight excluding hydrogens is 103 g/mol. The van der Waals surface area contributed by atoms with Crippen molar-refractivity contribution in [2.45, 2.75) is 0 Å². The number of aliphatic carboxylic acids is 1. The Morgan fingerprint density at radius 3 is 2.00 bits per heavy atom. The van der Waals surface area contributed by atoms with Crippen LogP contribution in [0.5, 0.6) is 0 Å². The molecule has 2 radical (unpaired) electrons. The van der Waals surface area contributed by atoms with Gasteiger partial charge >= 0.3 is 12.4 Å². The van der Waals surface area contributed by atoms with E-state index in [9.17, 15) is 0 Å². The average Bonchev–Trinajstić information content (AvgIpc) is 1.38. The molecule has 0 unspecified atom stereocenters. The number of halogens is 1. The number of carboxylic acid groups (broad SMARTS) is 1. The smallest absolute Gasteiger partial charge is 0.545 e. The van der Waals surface area contributed by atoms with E-state index in [1.54, 1.807) is 0 Å². The van der Waals surface area contributed by atoms with E-state index in [1.807, 2.05) is 0 Å². The van der Waals surface area contributed by atoms with Crippen LogP contribution in [-0.4, -0.2) is 5.97 Å². The molecule has 0 saturated carbocycles. The summed E-state index contributed by atoms with van der Waals surface area (Å²) < 4.78 is 0. The molecule has 0 spiro atoms. The summed E-state index contributed by atoms with van der Waals surface area (Å²) in [5.41, 5.74) is 0. The van der Waals surface area contributed by atoms with Crippen LogP contribution in [0.25, 0.3) is 0 Å². The van der Waals surface area contributed by atoms with Crippen molar-refractivity contribution in [2.75, 3.05) is 0 Å². The molecule has 0 heterocycles. The quantitative estimate of drug-likeness (QED) is 0.399. The zero-order valence-corrected chi connectivity index (χ0v) is 3.73. The SMILES string of the molecule is C=CC(=O)[O-].[Cl+]. The van der Waals surface area contributed by atoms with Gasteiger partial charge in [0.05, 0.1) is 5.97 Å². The second-order valence-electron chi connectivity index (χ2n) is 0.523. The molecule has 0 saturated heterocycles. The van der Waals surface area contributed by atoms with Crippen molar-refractivity contribution in [3.05, 3.63) is 12.7 Å². The second-order valence-corrected chi connectivity index (χ2v) is 0.523. The molecule has 0 bridgehead atoms. The van der Waals surface area contributed by atoms with E-state index in [-0.39, 0.29) is 12.4 Å².